The van der Waals surface area contributed by atoms with Crippen LogP contribution in [0.1, 0.15) is 32.1 Å². The lowest BCUT2D eigenvalue weighted by Crippen LogP contribution is -2.26. The molecule has 0 amide bonds. The van der Waals surface area contributed by atoms with Crippen molar-refractivity contribution in [2.45, 2.75) is 37.0 Å². The fourth-order valence-corrected chi connectivity index (χ4v) is 2.63. The van der Waals surface area contributed by atoms with Crippen molar-refractivity contribution in [2.75, 3.05) is 18.0 Å². The first kappa shape index (κ1) is 12.6. The lowest BCUT2D eigenvalue weighted by Gasteiger charge is -2.27. The number of benzene rings is 1. The Labute approximate surface area is 105 Å². The lowest BCUT2D eigenvalue weighted by atomic mass is 10.1. The van der Waals surface area contributed by atoms with E-state index in [-0.39, 0.29) is 0 Å². The Morgan fingerprint density at radius 1 is 0.941 bits per heavy atom. The maximum absolute atomic E-state index is 10.8. The summed E-state index contributed by atoms with van der Waals surface area (Å²) >= 11 is -2.12. The quantitative estimate of drug-likeness (QED) is 0.760. The van der Waals surface area contributed by atoms with Crippen molar-refractivity contribution >= 4 is 16.8 Å². The van der Waals surface area contributed by atoms with E-state index in [0.29, 0.717) is 4.90 Å². The molecule has 2 rings (SSSR count). The molecule has 4 heteroatoms. The average molecular weight is 252 g/mol. The highest BCUT2D eigenvalue weighted by molar-refractivity contribution is 7.79. The molecule has 17 heavy (non-hydrogen) atoms. The number of hydrogen-bond donors (Lipinski definition) is 0. The van der Waals surface area contributed by atoms with Crippen LogP contribution in [0.15, 0.2) is 29.2 Å². The van der Waals surface area contributed by atoms with Crippen molar-refractivity contribution in [2.24, 2.45) is 0 Å². The molecule has 1 heterocycles. The second kappa shape index (κ2) is 6.17. The molecule has 1 saturated heterocycles. The average Bonchev–Trinajstić information content (AvgIpc) is 2.29. The molecule has 3 nitrogen and oxygen atoms in total. The second-order valence-corrected chi connectivity index (χ2v) is 5.42. The molecular formula is C13H18NO2S-. The predicted molar refractivity (Wildman–Crippen MR) is 68.9 cm³/mol. The third-order valence-corrected chi connectivity index (χ3v) is 3.91. The van der Waals surface area contributed by atoms with Gasteiger partial charge in [0, 0.05) is 23.7 Å². The molecule has 0 radical (unpaired) electrons. The molecule has 0 aliphatic carbocycles. The fourth-order valence-electron chi connectivity index (χ4n) is 2.27. The summed E-state index contributed by atoms with van der Waals surface area (Å²) in [5.74, 6) is 0. The molecule has 0 aromatic heterocycles. The van der Waals surface area contributed by atoms with Gasteiger partial charge < -0.3 is 9.45 Å². The standard InChI is InChI=1S/C13H19NO2S/c15-17(16)13-8-6-12(7-9-13)14-10-4-2-1-3-5-11-14/h6-9H,1-5,10-11H2,(H,15,16)/p-1. The van der Waals surface area contributed by atoms with Crippen molar-refractivity contribution in [3.63, 3.8) is 0 Å². The molecule has 1 aliphatic rings. The molecule has 0 saturated carbocycles. The smallest absolute Gasteiger partial charge is 0.0366 e. The zero-order valence-electron chi connectivity index (χ0n) is 9.93. The summed E-state index contributed by atoms with van der Waals surface area (Å²) < 4.78 is 21.6. The number of hydrogen-bond acceptors (Lipinski definition) is 3. The molecule has 94 valence electrons. The zero-order chi connectivity index (χ0) is 12.1. The Bertz CT molecular complexity index is 370. The van der Waals surface area contributed by atoms with E-state index in [1.807, 2.05) is 12.1 Å². The molecule has 0 spiro atoms. The van der Waals surface area contributed by atoms with Crippen LogP contribution in [-0.2, 0) is 11.1 Å². The van der Waals surface area contributed by atoms with Gasteiger partial charge in [-0.3, -0.25) is 4.21 Å². The van der Waals surface area contributed by atoms with Crippen LogP contribution in [0.3, 0.4) is 0 Å². The Hall–Kier alpha value is -0.870. The third-order valence-electron chi connectivity index (χ3n) is 3.25. The summed E-state index contributed by atoms with van der Waals surface area (Å²) in [5, 5.41) is 0. The van der Waals surface area contributed by atoms with Crippen molar-refractivity contribution in [3.8, 4) is 0 Å². The Morgan fingerprint density at radius 2 is 1.47 bits per heavy atom. The van der Waals surface area contributed by atoms with Gasteiger partial charge in [-0.25, -0.2) is 0 Å². The van der Waals surface area contributed by atoms with Crippen molar-refractivity contribution in [1.82, 2.24) is 0 Å². The summed E-state index contributed by atoms with van der Waals surface area (Å²) in [4.78, 5) is 2.72. The van der Waals surface area contributed by atoms with E-state index in [4.69, 9.17) is 0 Å². The van der Waals surface area contributed by atoms with Gasteiger partial charge in [-0.1, -0.05) is 19.3 Å². The lowest BCUT2D eigenvalue weighted by molar-refractivity contribution is 0.537. The summed E-state index contributed by atoms with van der Waals surface area (Å²) in [6.07, 6.45) is 6.42. The highest BCUT2D eigenvalue weighted by Crippen LogP contribution is 2.20. The minimum Gasteiger partial charge on any atom is -0.768 e. The van der Waals surface area contributed by atoms with Gasteiger partial charge in [0.25, 0.3) is 0 Å². The van der Waals surface area contributed by atoms with Crippen LogP contribution in [-0.4, -0.2) is 21.9 Å². The van der Waals surface area contributed by atoms with Gasteiger partial charge in [-0.2, -0.15) is 0 Å². The summed E-state index contributed by atoms with van der Waals surface area (Å²) in [6.45, 7) is 2.17. The highest BCUT2D eigenvalue weighted by atomic mass is 32.2. The minimum atomic E-state index is -2.12. The maximum Gasteiger partial charge on any atom is 0.0366 e. The van der Waals surface area contributed by atoms with Crippen molar-refractivity contribution in [3.05, 3.63) is 24.3 Å². The minimum absolute atomic E-state index is 0.362. The molecule has 1 unspecified atom stereocenters. The molecule has 1 atom stereocenters. The van der Waals surface area contributed by atoms with Crippen molar-refractivity contribution in [1.29, 1.82) is 0 Å². The number of rotatable bonds is 2. The molecule has 1 aromatic carbocycles. The first-order chi connectivity index (χ1) is 8.27. The van der Waals surface area contributed by atoms with Gasteiger partial charge in [0.15, 0.2) is 0 Å². The highest BCUT2D eigenvalue weighted by Gasteiger charge is 2.08. The van der Waals surface area contributed by atoms with Gasteiger partial charge in [0.2, 0.25) is 0 Å². The van der Waals surface area contributed by atoms with Crippen molar-refractivity contribution < 1.29 is 8.76 Å². The molecular weight excluding hydrogens is 234 g/mol. The van der Waals surface area contributed by atoms with Crippen LogP contribution in [0.25, 0.3) is 0 Å². The van der Waals surface area contributed by atoms with E-state index in [9.17, 15) is 8.76 Å². The van der Waals surface area contributed by atoms with Gasteiger partial charge in [-0.15, -0.1) is 0 Å². The first-order valence-electron chi connectivity index (χ1n) is 6.21. The van der Waals surface area contributed by atoms with E-state index in [1.54, 1.807) is 12.1 Å². The molecule has 1 fully saturated rings. The van der Waals surface area contributed by atoms with Gasteiger partial charge in [0.05, 0.1) is 0 Å². The molecule has 1 aliphatic heterocycles. The van der Waals surface area contributed by atoms with E-state index in [1.165, 1.54) is 32.1 Å². The third kappa shape index (κ3) is 3.54. The normalized spacial score (nSPS) is 19.5. The number of anilines is 1. The SMILES string of the molecule is O=S([O-])c1ccc(N2CCCCCCC2)cc1. The van der Waals surface area contributed by atoms with E-state index >= 15 is 0 Å². The summed E-state index contributed by atoms with van der Waals surface area (Å²) in [5.41, 5.74) is 1.14. The molecule has 1 aromatic rings. The molecule has 0 N–H and O–H groups in total. The predicted octanol–water partition coefficient (Wildman–Crippen LogP) is 2.70. The van der Waals surface area contributed by atoms with Crippen LogP contribution in [0.2, 0.25) is 0 Å². The Balaban J connectivity index is 2.06. The van der Waals surface area contributed by atoms with E-state index < -0.39 is 11.1 Å². The van der Waals surface area contributed by atoms with Crippen LogP contribution < -0.4 is 4.90 Å². The van der Waals surface area contributed by atoms with E-state index in [2.05, 4.69) is 4.90 Å². The van der Waals surface area contributed by atoms with E-state index in [0.717, 1.165) is 18.8 Å². The maximum atomic E-state index is 10.8. The summed E-state index contributed by atoms with van der Waals surface area (Å²) in [6, 6.07) is 7.17. The summed E-state index contributed by atoms with van der Waals surface area (Å²) in [7, 11) is 0. The van der Waals surface area contributed by atoms with Gasteiger partial charge >= 0.3 is 0 Å². The van der Waals surface area contributed by atoms with Crippen LogP contribution in [0.4, 0.5) is 5.69 Å². The van der Waals surface area contributed by atoms with Gasteiger partial charge in [-0.05, 0) is 48.2 Å². The topological polar surface area (TPSA) is 43.4 Å². The van der Waals surface area contributed by atoms with Gasteiger partial charge in [0.1, 0.15) is 0 Å². The number of nitrogens with zero attached hydrogens (tertiary/aromatic N) is 1. The second-order valence-electron chi connectivity index (χ2n) is 4.48. The fraction of sp³-hybridized carbons (Fsp3) is 0.538. The van der Waals surface area contributed by atoms with Crippen LogP contribution >= 0.6 is 0 Å². The first-order valence-corrected chi connectivity index (χ1v) is 7.29. The Kier molecular flexibility index (Phi) is 4.57. The zero-order valence-corrected chi connectivity index (χ0v) is 10.7. The molecule has 0 bridgehead atoms. The monoisotopic (exact) mass is 252 g/mol. The van der Waals surface area contributed by atoms with Crippen LogP contribution in [0.5, 0.6) is 0 Å². The Morgan fingerprint density at radius 3 is 2.00 bits per heavy atom. The largest absolute Gasteiger partial charge is 0.768 e. The van der Waals surface area contributed by atoms with Crippen LogP contribution in [0, 0.1) is 0 Å².